The molecular weight excluding hydrogens is 198 g/mol. The summed E-state index contributed by atoms with van der Waals surface area (Å²) in [5.41, 5.74) is 8.67. The van der Waals surface area contributed by atoms with Gasteiger partial charge in [0, 0.05) is 6.61 Å². The maximum Gasteiger partial charge on any atom is 0.0847 e. The van der Waals surface area contributed by atoms with Crippen molar-refractivity contribution < 1.29 is 4.74 Å². The number of hydrogen-bond acceptors (Lipinski definition) is 2. The fraction of sp³-hybridized carbons (Fsp3) is 0.571. The first-order chi connectivity index (χ1) is 7.65. The van der Waals surface area contributed by atoms with Crippen molar-refractivity contribution in [2.75, 3.05) is 6.61 Å². The molecular formula is C14H21NO. The van der Waals surface area contributed by atoms with Gasteiger partial charge in [0.25, 0.3) is 0 Å². The Kier molecular flexibility index (Phi) is 3.31. The van der Waals surface area contributed by atoms with E-state index in [-0.39, 0.29) is 11.6 Å². The third-order valence-corrected chi connectivity index (χ3v) is 3.65. The number of hydrogen-bond donors (Lipinski definition) is 1. The average molecular weight is 219 g/mol. The molecule has 1 fully saturated rings. The molecule has 0 radical (unpaired) electrons. The topological polar surface area (TPSA) is 35.2 Å². The number of benzene rings is 1. The SMILES string of the molecule is CCc1ccc(C(N)C2(C)CCCO2)cc1. The van der Waals surface area contributed by atoms with E-state index in [9.17, 15) is 0 Å². The smallest absolute Gasteiger partial charge is 0.0847 e. The summed E-state index contributed by atoms with van der Waals surface area (Å²) >= 11 is 0. The molecule has 2 N–H and O–H groups in total. The van der Waals surface area contributed by atoms with Gasteiger partial charge in [-0.25, -0.2) is 0 Å². The van der Waals surface area contributed by atoms with Gasteiger partial charge in [-0.05, 0) is 37.3 Å². The van der Waals surface area contributed by atoms with E-state index < -0.39 is 0 Å². The van der Waals surface area contributed by atoms with E-state index in [1.54, 1.807) is 0 Å². The standard InChI is InChI=1S/C14H21NO/c1-3-11-5-7-12(8-6-11)13(15)14(2)9-4-10-16-14/h5-8,13H,3-4,9-10,15H2,1-2H3. The maximum absolute atomic E-state index is 6.30. The van der Waals surface area contributed by atoms with E-state index in [0.717, 1.165) is 25.9 Å². The second-order valence-electron chi connectivity index (χ2n) is 4.84. The summed E-state index contributed by atoms with van der Waals surface area (Å²) in [6.07, 6.45) is 3.25. The van der Waals surface area contributed by atoms with Gasteiger partial charge in [0.1, 0.15) is 0 Å². The fourth-order valence-electron chi connectivity index (χ4n) is 2.36. The number of ether oxygens (including phenoxy) is 1. The van der Waals surface area contributed by atoms with Crippen LogP contribution in [0.2, 0.25) is 0 Å². The molecule has 1 heterocycles. The Bertz CT molecular complexity index is 338. The largest absolute Gasteiger partial charge is 0.373 e. The highest BCUT2D eigenvalue weighted by molar-refractivity contribution is 5.26. The molecule has 2 rings (SSSR count). The zero-order valence-electron chi connectivity index (χ0n) is 10.2. The molecule has 2 heteroatoms. The van der Waals surface area contributed by atoms with Crippen molar-refractivity contribution >= 4 is 0 Å². The van der Waals surface area contributed by atoms with Gasteiger partial charge in [0.05, 0.1) is 11.6 Å². The number of nitrogens with two attached hydrogens (primary N) is 1. The first kappa shape index (κ1) is 11.6. The molecule has 0 bridgehead atoms. The minimum absolute atomic E-state index is 0.0130. The van der Waals surface area contributed by atoms with Crippen LogP contribution in [0.15, 0.2) is 24.3 Å². The monoisotopic (exact) mass is 219 g/mol. The van der Waals surface area contributed by atoms with E-state index in [0.29, 0.717) is 0 Å². The Morgan fingerprint density at radius 2 is 2.06 bits per heavy atom. The summed E-state index contributed by atoms with van der Waals surface area (Å²) in [6.45, 7) is 5.13. The van der Waals surface area contributed by atoms with Crippen molar-refractivity contribution in [3.05, 3.63) is 35.4 Å². The van der Waals surface area contributed by atoms with Gasteiger partial charge in [0.15, 0.2) is 0 Å². The van der Waals surface area contributed by atoms with Crippen molar-refractivity contribution in [2.24, 2.45) is 5.73 Å². The van der Waals surface area contributed by atoms with Crippen molar-refractivity contribution in [2.45, 2.75) is 44.8 Å². The quantitative estimate of drug-likeness (QED) is 0.848. The van der Waals surface area contributed by atoms with Crippen LogP contribution in [0.3, 0.4) is 0 Å². The van der Waals surface area contributed by atoms with Crippen LogP contribution >= 0.6 is 0 Å². The predicted octanol–water partition coefficient (Wildman–Crippen LogP) is 2.82. The van der Waals surface area contributed by atoms with E-state index in [1.165, 1.54) is 11.1 Å². The lowest BCUT2D eigenvalue weighted by molar-refractivity contribution is -0.00173. The molecule has 2 unspecified atom stereocenters. The molecule has 1 aliphatic heterocycles. The van der Waals surface area contributed by atoms with Gasteiger partial charge in [-0.2, -0.15) is 0 Å². The normalized spacial score (nSPS) is 26.9. The molecule has 0 aromatic heterocycles. The Balaban J connectivity index is 2.16. The molecule has 0 saturated carbocycles. The molecule has 16 heavy (non-hydrogen) atoms. The lowest BCUT2D eigenvalue weighted by Gasteiger charge is -2.30. The van der Waals surface area contributed by atoms with Gasteiger partial charge in [-0.3, -0.25) is 0 Å². The van der Waals surface area contributed by atoms with Gasteiger partial charge in [0.2, 0.25) is 0 Å². The van der Waals surface area contributed by atoms with Crippen LogP contribution in [-0.4, -0.2) is 12.2 Å². The third-order valence-electron chi connectivity index (χ3n) is 3.65. The summed E-state index contributed by atoms with van der Waals surface area (Å²) < 4.78 is 5.79. The zero-order valence-corrected chi connectivity index (χ0v) is 10.2. The molecule has 2 nitrogen and oxygen atoms in total. The zero-order chi connectivity index (χ0) is 11.6. The van der Waals surface area contributed by atoms with Crippen LogP contribution < -0.4 is 5.73 Å². The summed E-state index contributed by atoms with van der Waals surface area (Å²) in [7, 11) is 0. The lowest BCUT2D eigenvalue weighted by Crippen LogP contribution is -2.37. The summed E-state index contributed by atoms with van der Waals surface area (Å²) in [4.78, 5) is 0. The Labute approximate surface area is 97.8 Å². The highest BCUT2D eigenvalue weighted by Gasteiger charge is 2.36. The Morgan fingerprint density at radius 1 is 1.38 bits per heavy atom. The molecule has 2 atom stereocenters. The van der Waals surface area contributed by atoms with Crippen LogP contribution in [0, 0.1) is 0 Å². The van der Waals surface area contributed by atoms with Gasteiger partial charge in [-0.1, -0.05) is 31.2 Å². The average Bonchev–Trinajstić information content (AvgIpc) is 2.77. The minimum atomic E-state index is -0.173. The molecule has 0 spiro atoms. The first-order valence-electron chi connectivity index (χ1n) is 6.14. The number of aryl methyl sites for hydroxylation is 1. The van der Waals surface area contributed by atoms with E-state index in [2.05, 4.69) is 38.1 Å². The highest BCUT2D eigenvalue weighted by atomic mass is 16.5. The summed E-state index contributed by atoms with van der Waals surface area (Å²) in [6, 6.07) is 8.58. The Hall–Kier alpha value is -0.860. The third kappa shape index (κ3) is 2.13. The van der Waals surface area contributed by atoms with Crippen molar-refractivity contribution in [3.63, 3.8) is 0 Å². The van der Waals surface area contributed by atoms with Crippen molar-refractivity contribution in [1.29, 1.82) is 0 Å². The van der Waals surface area contributed by atoms with E-state index in [4.69, 9.17) is 10.5 Å². The van der Waals surface area contributed by atoms with E-state index >= 15 is 0 Å². The molecule has 88 valence electrons. The van der Waals surface area contributed by atoms with Gasteiger partial charge >= 0.3 is 0 Å². The van der Waals surface area contributed by atoms with E-state index in [1.807, 2.05) is 0 Å². The first-order valence-corrected chi connectivity index (χ1v) is 6.14. The molecule has 1 aromatic carbocycles. The van der Waals surface area contributed by atoms with Crippen LogP contribution in [0.1, 0.15) is 43.9 Å². The summed E-state index contributed by atoms with van der Waals surface area (Å²) in [5.74, 6) is 0. The van der Waals surface area contributed by atoms with Crippen molar-refractivity contribution in [3.8, 4) is 0 Å². The second-order valence-corrected chi connectivity index (χ2v) is 4.84. The van der Waals surface area contributed by atoms with Crippen LogP contribution in [0.5, 0.6) is 0 Å². The molecule has 0 amide bonds. The van der Waals surface area contributed by atoms with Crippen LogP contribution in [0.25, 0.3) is 0 Å². The summed E-state index contributed by atoms with van der Waals surface area (Å²) in [5, 5.41) is 0. The maximum atomic E-state index is 6.30. The lowest BCUT2D eigenvalue weighted by atomic mass is 9.88. The fourth-order valence-corrected chi connectivity index (χ4v) is 2.36. The Morgan fingerprint density at radius 3 is 2.56 bits per heavy atom. The minimum Gasteiger partial charge on any atom is -0.373 e. The predicted molar refractivity (Wildman–Crippen MR) is 66.3 cm³/mol. The number of rotatable bonds is 3. The van der Waals surface area contributed by atoms with Crippen molar-refractivity contribution in [1.82, 2.24) is 0 Å². The second kappa shape index (κ2) is 4.56. The van der Waals surface area contributed by atoms with Gasteiger partial charge in [-0.15, -0.1) is 0 Å². The molecule has 1 aliphatic rings. The molecule has 0 aliphatic carbocycles. The molecule has 1 saturated heterocycles. The molecule has 1 aromatic rings. The van der Waals surface area contributed by atoms with Crippen LogP contribution in [0.4, 0.5) is 0 Å². The van der Waals surface area contributed by atoms with Gasteiger partial charge < -0.3 is 10.5 Å². The highest BCUT2D eigenvalue weighted by Crippen LogP contribution is 2.35. The van der Waals surface area contributed by atoms with Crippen LogP contribution in [-0.2, 0) is 11.2 Å².